The third-order valence-corrected chi connectivity index (χ3v) is 3.88. The number of nitrogens with one attached hydrogen (secondary N) is 1. The van der Waals surface area contributed by atoms with Crippen LogP contribution >= 0.6 is 27.3 Å². The normalized spacial score (nSPS) is 10.2. The summed E-state index contributed by atoms with van der Waals surface area (Å²) in [6, 6.07) is 4.62. The monoisotopic (exact) mass is 344 g/mol. The molecule has 0 saturated heterocycles. The molecular weight excluding hydrogens is 336 g/mol. The number of ether oxygens (including phenoxy) is 1. The molecule has 0 aliphatic carbocycles. The Morgan fingerprint density at radius 2 is 2.32 bits per heavy atom. The third-order valence-electron chi connectivity index (χ3n) is 2.17. The van der Waals surface area contributed by atoms with Crippen molar-refractivity contribution in [2.24, 2.45) is 0 Å². The average molecular weight is 345 g/mol. The minimum Gasteiger partial charge on any atom is -0.485 e. The first kappa shape index (κ1) is 13.7. The van der Waals surface area contributed by atoms with E-state index in [2.05, 4.69) is 31.4 Å². The smallest absolute Gasteiger partial charge is 0.287 e. The Morgan fingerprint density at radius 3 is 2.95 bits per heavy atom. The van der Waals surface area contributed by atoms with E-state index < -0.39 is 4.92 Å². The van der Waals surface area contributed by atoms with Gasteiger partial charge in [0.15, 0.2) is 5.01 Å². The van der Waals surface area contributed by atoms with Crippen molar-refractivity contribution in [3.8, 4) is 5.75 Å². The zero-order valence-corrected chi connectivity index (χ0v) is 12.2. The molecule has 0 fully saturated rings. The summed E-state index contributed by atoms with van der Waals surface area (Å²) in [4.78, 5) is 10.3. The van der Waals surface area contributed by atoms with Crippen LogP contribution in [0.5, 0.6) is 5.75 Å². The molecule has 2 rings (SSSR count). The van der Waals surface area contributed by atoms with Gasteiger partial charge in [0.2, 0.25) is 5.13 Å². The van der Waals surface area contributed by atoms with Gasteiger partial charge < -0.3 is 10.1 Å². The highest BCUT2D eigenvalue weighted by atomic mass is 79.9. The van der Waals surface area contributed by atoms with E-state index in [9.17, 15) is 10.1 Å². The molecule has 0 atom stereocenters. The van der Waals surface area contributed by atoms with Gasteiger partial charge in [-0.15, -0.1) is 10.2 Å². The number of benzene rings is 1. The molecule has 0 unspecified atom stereocenters. The first-order valence-corrected chi connectivity index (χ1v) is 6.78. The Bertz CT molecular complexity index is 604. The van der Waals surface area contributed by atoms with Gasteiger partial charge in [-0.2, -0.15) is 0 Å². The lowest BCUT2D eigenvalue weighted by Gasteiger charge is -2.05. The third kappa shape index (κ3) is 3.18. The van der Waals surface area contributed by atoms with Gasteiger partial charge in [-0.1, -0.05) is 17.4 Å². The van der Waals surface area contributed by atoms with E-state index in [4.69, 9.17) is 4.74 Å². The van der Waals surface area contributed by atoms with Crippen LogP contribution in [0, 0.1) is 10.1 Å². The summed E-state index contributed by atoms with van der Waals surface area (Å²) in [7, 11) is 1.75. The van der Waals surface area contributed by atoms with Gasteiger partial charge in [0.05, 0.1) is 4.92 Å². The van der Waals surface area contributed by atoms with Crippen molar-refractivity contribution in [2.45, 2.75) is 6.61 Å². The molecule has 0 radical (unpaired) electrons. The Balaban J connectivity index is 2.11. The highest BCUT2D eigenvalue weighted by Gasteiger charge is 2.16. The maximum Gasteiger partial charge on any atom is 0.287 e. The van der Waals surface area contributed by atoms with Crippen LogP contribution in [0.15, 0.2) is 22.7 Å². The molecule has 0 amide bonds. The number of aromatic nitrogens is 2. The van der Waals surface area contributed by atoms with Crippen molar-refractivity contribution in [3.05, 3.63) is 37.8 Å². The Morgan fingerprint density at radius 1 is 1.53 bits per heavy atom. The van der Waals surface area contributed by atoms with E-state index in [0.29, 0.717) is 20.4 Å². The summed E-state index contributed by atoms with van der Waals surface area (Å²) in [5.41, 5.74) is -0.0364. The van der Waals surface area contributed by atoms with Crippen LogP contribution in [-0.4, -0.2) is 22.2 Å². The Labute approximate surface area is 120 Å². The summed E-state index contributed by atoms with van der Waals surface area (Å²) in [5, 5.41) is 22.8. The maximum absolute atomic E-state index is 10.8. The maximum atomic E-state index is 10.8. The summed E-state index contributed by atoms with van der Waals surface area (Å²) in [5.74, 6) is 0.399. The van der Waals surface area contributed by atoms with E-state index >= 15 is 0 Å². The predicted molar refractivity (Wildman–Crippen MR) is 74.6 cm³/mol. The quantitative estimate of drug-likeness (QED) is 0.662. The molecule has 0 saturated carbocycles. The fourth-order valence-electron chi connectivity index (χ4n) is 1.30. The van der Waals surface area contributed by atoms with Crippen molar-refractivity contribution in [1.29, 1.82) is 0 Å². The van der Waals surface area contributed by atoms with Gasteiger partial charge in [0, 0.05) is 13.1 Å². The highest BCUT2D eigenvalue weighted by Crippen LogP contribution is 2.34. The summed E-state index contributed by atoms with van der Waals surface area (Å²) in [6.45, 7) is 0.207. The molecule has 0 aliphatic rings. The molecule has 9 heteroatoms. The van der Waals surface area contributed by atoms with Gasteiger partial charge in [-0.05, 0) is 22.0 Å². The van der Waals surface area contributed by atoms with Crippen LogP contribution in [0.2, 0.25) is 0 Å². The summed E-state index contributed by atoms with van der Waals surface area (Å²) in [6.07, 6.45) is 0. The molecule has 19 heavy (non-hydrogen) atoms. The molecule has 1 aromatic carbocycles. The molecule has 1 N–H and O–H groups in total. The van der Waals surface area contributed by atoms with Crippen LogP contribution in [-0.2, 0) is 6.61 Å². The van der Waals surface area contributed by atoms with Crippen molar-refractivity contribution >= 4 is 38.1 Å². The largest absolute Gasteiger partial charge is 0.485 e. The van der Waals surface area contributed by atoms with Gasteiger partial charge in [-0.3, -0.25) is 10.1 Å². The molecule has 1 heterocycles. The molecular formula is C10H9BrN4O3S. The molecule has 0 bridgehead atoms. The zero-order valence-electron chi connectivity index (χ0n) is 9.79. The minimum absolute atomic E-state index is 0.0364. The van der Waals surface area contributed by atoms with Gasteiger partial charge in [0.25, 0.3) is 5.69 Å². The van der Waals surface area contributed by atoms with Crippen molar-refractivity contribution in [1.82, 2.24) is 10.2 Å². The first-order valence-electron chi connectivity index (χ1n) is 5.17. The van der Waals surface area contributed by atoms with Crippen molar-refractivity contribution in [3.63, 3.8) is 0 Å². The average Bonchev–Trinajstić information content (AvgIpc) is 2.85. The number of hydrogen-bond acceptors (Lipinski definition) is 7. The topological polar surface area (TPSA) is 90.2 Å². The van der Waals surface area contributed by atoms with Crippen LogP contribution in [0.25, 0.3) is 0 Å². The standard InChI is InChI=1S/C10H9BrN4O3S/c1-12-10-14-13-8(19-10)5-18-7-4-2-3-6(9(7)11)15(16)17/h2-4H,5H2,1H3,(H,12,14). The molecule has 1 aromatic heterocycles. The van der Waals surface area contributed by atoms with E-state index in [0.717, 1.165) is 0 Å². The van der Waals surface area contributed by atoms with Gasteiger partial charge in [0.1, 0.15) is 16.8 Å². The highest BCUT2D eigenvalue weighted by molar-refractivity contribution is 9.10. The lowest BCUT2D eigenvalue weighted by Crippen LogP contribution is -1.97. The van der Waals surface area contributed by atoms with Gasteiger partial charge >= 0.3 is 0 Å². The number of nitrogens with zero attached hydrogens (tertiary/aromatic N) is 3. The SMILES string of the molecule is CNc1nnc(COc2cccc([N+](=O)[O-])c2Br)s1. The van der Waals surface area contributed by atoms with Crippen LogP contribution in [0.1, 0.15) is 5.01 Å². The second kappa shape index (κ2) is 5.93. The van der Waals surface area contributed by atoms with Crippen LogP contribution in [0.4, 0.5) is 10.8 Å². The van der Waals surface area contributed by atoms with Crippen LogP contribution in [0.3, 0.4) is 0 Å². The van der Waals surface area contributed by atoms with E-state index in [1.54, 1.807) is 19.2 Å². The van der Waals surface area contributed by atoms with E-state index in [-0.39, 0.29) is 12.3 Å². The first-order chi connectivity index (χ1) is 9.11. The van der Waals surface area contributed by atoms with E-state index in [1.807, 2.05) is 0 Å². The fourth-order valence-corrected chi connectivity index (χ4v) is 2.43. The lowest BCUT2D eigenvalue weighted by molar-refractivity contribution is -0.385. The number of anilines is 1. The molecule has 2 aromatic rings. The van der Waals surface area contributed by atoms with Crippen molar-refractivity contribution in [2.75, 3.05) is 12.4 Å². The zero-order chi connectivity index (χ0) is 13.8. The molecule has 100 valence electrons. The molecule has 7 nitrogen and oxygen atoms in total. The Hall–Kier alpha value is -1.74. The van der Waals surface area contributed by atoms with Gasteiger partial charge in [-0.25, -0.2) is 0 Å². The summed E-state index contributed by atoms with van der Waals surface area (Å²) >= 11 is 4.52. The number of nitro groups is 1. The fraction of sp³-hybridized carbons (Fsp3) is 0.200. The lowest BCUT2D eigenvalue weighted by atomic mass is 10.3. The molecule has 0 aliphatic heterocycles. The minimum atomic E-state index is -0.471. The second-order valence-electron chi connectivity index (χ2n) is 3.39. The second-order valence-corrected chi connectivity index (χ2v) is 5.24. The molecule has 0 spiro atoms. The number of halogens is 1. The summed E-state index contributed by atoms with van der Waals surface area (Å²) < 4.78 is 5.82. The van der Waals surface area contributed by atoms with Crippen molar-refractivity contribution < 1.29 is 9.66 Å². The number of nitro benzene ring substituents is 1. The number of hydrogen-bond donors (Lipinski definition) is 1. The number of rotatable bonds is 5. The van der Waals surface area contributed by atoms with E-state index in [1.165, 1.54) is 17.4 Å². The van der Waals surface area contributed by atoms with Crippen LogP contribution < -0.4 is 10.1 Å². The Kier molecular flexibility index (Phi) is 4.27. The predicted octanol–water partition coefficient (Wildman–Crippen LogP) is 2.83.